The Bertz CT molecular complexity index is 11.6. The zero-order chi connectivity index (χ0) is 4.71. The maximum absolute atomic E-state index is 3.20. The molecule has 3 heteroatoms. The topological polar surface area (TPSA) is 0 Å². The van der Waals surface area contributed by atoms with E-state index in [4.69, 9.17) is 0 Å². The van der Waals surface area contributed by atoms with Crippen molar-refractivity contribution in [3.05, 3.63) is 13.2 Å². The molecule has 0 bridgehead atoms. The minimum absolute atomic E-state index is 0.0417. The van der Waals surface area contributed by atoms with Crippen molar-refractivity contribution in [3.8, 4) is 0 Å². The van der Waals surface area contributed by atoms with E-state index in [1.807, 2.05) is 0 Å². The van der Waals surface area contributed by atoms with Crippen molar-refractivity contribution in [1.29, 1.82) is 0 Å². The van der Waals surface area contributed by atoms with E-state index in [-0.39, 0.29) is 11.6 Å². The Labute approximate surface area is 52.7 Å². The van der Waals surface area contributed by atoms with Gasteiger partial charge in [-0.25, -0.2) is 28.1 Å². The van der Waals surface area contributed by atoms with Crippen LogP contribution in [0.4, 0.5) is 0 Å². The summed E-state index contributed by atoms with van der Waals surface area (Å²) in [6.07, 6.45) is 0. The molecule has 0 aliphatic heterocycles. The molecule has 0 aromatic heterocycles. The van der Waals surface area contributed by atoms with E-state index in [0.717, 1.165) is 0 Å². The van der Waals surface area contributed by atoms with Gasteiger partial charge in [0.1, 0.15) is 0 Å². The Balaban J connectivity index is 0. The van der Waals surface area contributed by atoms with Crippen molar-refractivity contribution < 1.29 is 0 Å². The summed E-state index contributed by atoms with van der Waals surface area (Å²) in [5, 5.41) is 0. The highest BCUT2D eigenvalue weighted by Gasteiger charge is 1.57. The van der Waals surface area contributed by atoms with Crippen LogP contribution in [0.25, 0.3) is 0 Å². The molecule has 0 fully saturated rings. The summed E-state index contributed by atoms with van der Waals surface area (Å²) < 4.78 is 0. The molecule has 0 saturated heterocycles. The molecule has 30 valence electrons. The van der Waals surface area contributed by atoms with Crippen LogP contribution >= 0.6 is 28.1 Å². The average molecular weight is 216 g/mol. The zero-order valence-electron chi connectivity index (χ0n) is 2.88. The summed E-state index contributed by atoms with van der Waals surface area (Å²) in [5.74, 6) is 0. The third-order valence-electron chi connectivity index (χ3n) is 0. The van der Waals surface area contributed by atoms with Crippen molar-refractivity contribution >= 4 is 39.7 Å². The Morgan fingerprint density at radius 2 is 1.20 bits per heavy atom. The monoisotopic (exact) mass is 214 g/mol. The van der Waals surface area contributed by atoms with E-state index >= 15 is 0 Å². The summed E-state index contributed by atoms with van der Waals surface area (Å²) >= 11 is 6.44. The van der Waals surface area contributed by atoms with Crippen molar-refractivity contribution in [2.24, 2.45) is 0 Å². The second kappa shape index (κ2) is 18.8. The maximum Gasteiger partial charge on any atom is 0.435 e. The van der Waals surface area contributed by atoms with Crippen LogP contribution < -0.4 is 0 Å². The van der Waals surface area contributed by atoms with Crippen LogP contribution in [0.2, 0.25) is 0 Å². The maximum atomic E-state index is 3.20. The van der Waals surface area contributed by atoms with Crippen molar-refractivity contribution in [1.82, 2.24) is 0 Å². The molecule has 0 rings (SSSR count). The van der Waals surface area contributed by atoms with E-state index in [9.17, 15) is 0 Å². The predicted molar refractivity (Wildman–Crippen MR) is 36.3 cm³/mol. The summed E-state index contributed by atoms with van der Waals surface area (Å²) in [5.41, 5.74) is 0. The number of halogens is 2. The average Bonchev–Trinajstić information content (AvgIpc) is 1.46. The molecular formula is C2H5AlBr2. The zero-order valence-corrected chi connectivity index (χ0v) is 7.46. The molecule has 0 atom stereocenters. The normalized spacial score (nSPS) is 3.60. The Morgan fingerprint density at radius 3 is 1.20 bits per heavy atom. The largest absolute Gasteiger partial charge is 0.435 e. The van der Waals surface area contributed by atoms with E-state index in [1.165, 1.54) is 0 Å². The second-order valence-electron chi connectivity index (χ2n) is 0.101. The van der Waals surface area contributed by atoms with Gasteiger partial charge in [-0.3, -0.25) is 0 Å². The lowest BCUT2D eigenvalue weighted by molar-refractivity contribution is 2.81. The van der Waals surface area contributed by atoms with Crippen LogP contribution in [0, 0.1) is 0 Å². The van der Waals surface area contributed by atoms with Gasteiger partial charge in [0.05, 0.1) is 0 Å². The fourth-order valence-electron chi connectivity index (χ4n) is 0. The highest BCUT2D eigenvalue weighted by Crippen LogP contribution is 1.77. The lowest BCUT2D eigenvalue weighted by Crippen LogP contribution is -1.31. The molecule has 0 aliphatic carbocycles. The third-order valence-corrected chi connectivity index (χ3v) is 0. The molecule has 0 aliphatic rings. The van der Waals surface area contributed by atoms with E-state index in [2.05, 4.69) is 41.3 Å². The first-order valence-corrected chi connectivity index (χ1v) is 8.83. The number of hydrogen-bond donors (Lipinski definition) is 0. The van der Waals surface area contributed by atoms with Crippen LogP contribution in [0.15, 0.2) is 13.2 Å². The van der Waals surface area contributed by atoms with Gasteiger partial charge in [0.15, 0.2) is 0 Å². The van der Waals surface area contributed by atoms with Gasteiger partial charge in [-0.15, -0.1) is 13.2 Å². The smallest absolute Gasteiger partial charge is 0.203 e. The third kappa shape index (κ3) is 36.0. The van der Waals surface area contributed by atoms with E-state index in [1.54, 1.807) is 0 Å². The van der Waals surface area contributed by atoms with E-state index < -0.39 is 0 Å². The van der Waals surface area contributed by atoms with Crippen LogP contribution in [-0.4, -0.2) is 11.6 Å². The van der Waals surface area contributed by atoms with Crippen LogP contribution in [0.5, 0.6) is 0 Å². The molecule has 0 nitrogen and oxygen atoms in total. The lowest BCUT2D eigenvalue weighted by atomic mass is 11.3. The van der Waals surface area contributed by atoms with Crippen LogP contribution in [0.1, 0.15) is 0 Å². The highest BCUT2D eigenvalue weighted by molar-refractivity contribution is 9.47. The van der Waals surface area contributed by atoms with Gasteiger partial charge in [-0.1, -0.05) is 0 Å². The van der Waals surface area contributed by atoms with Crippen LogP contribution in [-0.2, 0) is 0 Å². The highest BCUT2D eigenvalue weighted by atomic mass is 79.9. The summed E-state index contributed by atoms with van der Waals surface area (Å²) in [7, 11) is 0. The van der Waals surface area contributed by atoms with Crippen molar-refractivity contribution in [2.75, 3.05) is 0 Å². The van der Waals surface area contributed by atoms with Gasteiger partial charge in [0, 0.05) is 0 Å². The fraction of sp³-hybridized carbons (Fsp3) is 0. The standard InChI is InChI=1S/C2H4.Al.2BrH.H/c1-2;;;;/h1-2H2;;2*1H;/q;+2;;;/p-2. The van der Waals surface area contributed by atoms with Crippen LogP contribution in [0.3, 0.4) is 0 Å². The molecule has 0 radical (unpaired) electrons. The molecular weight excluding hydrogens is 211 g/mol. The first-order valence-electron chi connectivity index (χ1n) is 1.03. The van der Waals surface area contributed by atoms with Gasteiger partial charge in [0.2, 0.25) is 0 Å². The molecule has 0 N–H and O–H groups in total. The fourth-order valence-corrected chi connectivity index (χ4v) is 0. The van der Waals surface area contributed by atoms with Gasteiger partial charge in [-0.05, 0) is 0 Å². The van der Waals surface area contributed by atoms with Crippen molar-refractivity contribution in [3.63, 3.8) is 0 Å². The molecule has 0 amide bonds. The first-order chi connectivity index (χ1) is 2.41. The molecule has 0 saturated carbocycles. The molecule has 0 unspecified atom stereocenters. The van der Waals surface area contributed by atoms with Gasteiger partial charge in [0.25, 0.3) is 0 Å². The first kappa shape index (κ1) is 9.53. The number of rotatable bonds is 0. The Hall–Kier alpha value is 1.23. The summed E-state index contributed by atoms with van der Waals surface area (Å²) in [6, 6.07) is 0. The SMILES string of the molecule is C=C.[Br][AlH][Br]. The molecule has 0 heterocycles. The van der Waals surface area contributed by atoms with Gasteiger partial charge in [-0.2, -0.15) is 0 Å². The minimum Gasteiger partial charge on any atom is -0.203 e. The number of hydrogen-bond acceptors (Lipinski definition) is 0. The van der Waals surface area contributed by atoms with Gasteiger partial charge < -0.3 is 0 Å². The molecule has 5 heavy (non-hydrogen) atoms. The van der Waals surface area contributed by atoms with Crippen molar-refractivity contribution in [2.45, 2.75) is 0 Å². The quantitative estimate of drug-likeness (QED) is 0.428. The minimum atomic E-state index is 0.0417. The summed E-state index contributed by atoms with van der Waals surface area (Å²) in [6.45, 7) is 6.00. The van der Waals surface area contributed by atoms with Gasteiger partial charge >= 0.3 is 11.6 Å². The van der Waals surface area contributed by atoms with E-state index in [0.29, 0.717) is 0 Å². The Morgan fingerprint density at radius 1 is 1.20 bits per heavy atom. The summed E-state index contributed by atoms with van der Waals surface area (Å²) in [4.78, 5) is 0. The lowest BCUT2D eigenvalue weighted by Gasteiger charge is -1.33. The predicted octanol–water partition coefficient (Wildman–Crippen LogP) is 1.84. The second-order valence-corrected chi connectivity index (χ2v) is 8.18. The molecule has 0 spiro atoms. The molecule has 0 aromatic rings. The molecule has 0 aromatic carbocycles. The Kier molecular flexibility index (Phi) is 35.8.